The molecule has 0 saturated heterocycles. The molecule has 0 heterocycles. The van der Waals surface area contributed by atoms with E-state index < -0.39 is 0 Å². The molecule has 0 spiro atoms. The lowest BCUT2D eigenvalue weighted by Gasteiger charge is -2.10. The highest BCUT2D eigenvalue weighted by atomic mass is 32.1. The quantitative estimate of drug-likeness (QED) is 0.437. The molecule has 0 aliphatic rings. The van der Waals surface area contributed by atoms with Gasteiger partial charge in [0.15, 0.2) is 0 Å². The normalized spacial score (nSPS) is 15.9. The van der Waals surface area contributed by atoms with Gasteiger partial charge in [-0.15, -0.1) is 0 Å². The molecule has 0 aliphatic carbocycles. The van der Waals surface area contributed by atoms with E-state index in [0.717, 1.165) is 6.42 Å². The number of thiocarbonyl (C=S) groups is 1. The van der Waals surface area contributed by atoms with Crippen molar-refractivity contribution in [3.8, 4) is 0 Å². The van der Waals surface area contributed by atoms with Crippen LogP contribution in [-0.2, 0) is 0 Å². The molecule has 0 radical (unpaired) electrons. The summed E-state index contributed by atoms with van der Waals surface area (Å²) in [7, 11) is 0. The van der Waals surface area contributed by atoms with Crippen molar-refractivity contribution in [1.29, 1.82) is 0 Å². The van der Waals surface area contributed by atoms with Crippen LogP contribution in [0.15, 0.2) is 4.99 Å². The second-order valence-electron chi connectivity index (χ2n) is 2.35. The lowest BCUT2D eigenvalue weighted by molar-refractivity contribution is 0.474. The van der Waals surface area contributed by atoms with Crippen molar-refractivity contribution in [2.45, 2.75) is 33.2 Å². The monoisotopic (exact) mass is 143 g/mol. The summed E-state index contributed by atoms with van der Waals surface area (Å²) < 4.78 is 0. The van der Waals surface area contributed by atoms with Crippen LogP contribution in [0.5, 0.6) is 0 Å². The van der Waals surface area contributed by atoms with E-state index in [2.05, 4.69) is 43.1 Å². The van der Waals surface area contributed by atoms with Crippen LogP contribution in [0.2, 0.25) is 0 Å². The van der Waals surface area contributed by atoms with Crippen molar-refractivity contribution in [3.05, 3.63) is 0 Å². The minimum atomic E-state index is 0.340. The van der Waals surface area contributed by atoms with E-state index in [1.54, 1.807) is 0 Å². The standard InChI is InChI=1S/C7H13NS/c1-4-6(2)7(3)8-5-9/h6-7H,4H2,1-3H3. The summed E-state index contributed by atoms with van der Waals surface area (Å²) in [5.74, 6) is 0.625. The van der Waals surface area contributed by atoms with E-state index in [-0.39, 0.29) is 0 Å². The Morgan fingerprint density at radius 3 is 2.44 bits per heavy atom. The topological polar surface area (TPSA) is 12.4 Å². The van der Waals surface area contributed by atoms with Crippen molar-refractivity contribution in [1.82, 2.24) is 0 Å². The van der Waals surface area contributed by atoms with Crippen LogP contribution in [0, 0.1) is 5.92 Å². The number of aliphatic imine (C=N–C) groups is 1. The fourth-order valence-electron chi connectivity index (χ4n) is 0.551. The third-order valence-corrected chi connectivity index (χ3v) is 1.83. The van der Waals surface area contributed by atoms with E-state index in [4.69, 9.17) is 0 Å². The average Bonchev–Trinajstić information content (AvgIpc) is 1.87. The molecule has 52 valence electrons. The first-order chi connectivity index (χ1) is 4.22. The molecule has 2 unspecified atom stereocenters. The lowest BCUT2D eigenvalue weighted by atomic mass is 10.0. The average molecular weight is 143 g/mol. The van der Waals surface area contributed by atoms with Crippen LogP contribution >= 0.6 is 12.2 Å². The van der Waals surface area contributed by atoms with Crippen molar-refractivity contribution in [2.24, 2.45) is 10.9 Å². The van der Waals surface area contributed by atoms with Gasteiger partial charge in [-0.3, -0.25) is 0 Å². The fourth-order valence-corrected chi connectivity index (χ4v) is 0.718. The molecule has 9 heavy (non-hydrogen) atoms. The van der Waals surface area contributed by atoms with Gasteiger partial charge in [-0.2, -0.15) is 0 Å². The van der Waals surface area contributed by atoms with Gasteiger partial charge < -0.3 is 0 Å². The van der Waals surface area contributed by atoms with E-state index in [9.17, 15) is 0 Å². The molecule has 0 aromatic heterocycles. The first-order valence-corrected chi connectivity index (χ1v) is 3.70. The Labute approximate surface area is 62.2 Å². The number of rotatable bonds is 3. The summed E-state index contributed by atoms with van der Waals surface area (Å²) in [6.45, 7) is 6.38. The molecule has 0 aromatic carbocycles. The number of nitrogens with zero attached hydrogens (tertiary/aromatic N) is 1. The Hall–Kier alpha value is -0.200. The molecule has 2 heteroatoms. The molecular weight excluding hydrogens is 130 g/mol. The molecule has 1 nitrogen and oxygen atoms in total. The Morgan fingerprint density at radius 2 is 2.11 bits per heavy atom. The highest BCUT2D eigenvalue weighted by Crippen LogP contribution is 2.08. The number of isothiocyanates is 1. The predicted octanol–water partition coefficient (Wildman–Crippen LogP) is 2.52. The Kier molecular flexibility index (Phi) is 4.55. The second-order valence-corrected chi connectivity index (χ2v) is 2.53. The van der Waals surface area contributed by atoms with Crippen LogP contribution in [0.25, 0.3) is 0 Å². The first-order valence-electron chi connectivity index (χ1n) is 3.29. The molecule has 0 amide bonds. The smallest absolute Gasteiger partial charge is 0.0600 e. The Bertz CT molecular complexity index is 116. The zero-order valence-corrected chi connectivity index (χ0v) is 7.03. The van der Waals surface area contributed by atoms with Gasteiger partial charge in [0.1, 0.15) is 0 Å². The van der Waals surface area contributed by atoms with Crippen molar-refractivity contribution >= 4 is 17.4 Å². The van der Waals surface area contributed by atoms with Gasteiger partial charge in [-0.25, -0.2) is 4.99 Å². The molecule has 0 bridgehead atoms. The summed E-state index contributed by atoms with van der Waals surface area (Å²) in [5, 5.41) is 2.39. The van der Waals surface area contributed by atoms with Crippen molar-refractivity contribution in [3.63, 3.8) is 0 Å². The maximum absolute atomic E-state index is 4.48. The van der Waals surface area contributed by atoms with Crippen LogP contribution in [-0.4, -0.2) is 11.2 Å². The summed E-state index contributed by atoms with van der Waals surface area (Å²) in [4.78, 5) is 3.96. The third-order valence-electron chi connectivity index (χ3n) is 1.72. The second kappa shape index (κ2) is 4.66. The maximum atomic E-state index is 4.48. The highest BCUT2D eigenvalue weighted by molar-refractivity contribution is 7.78. The SMILES string of the molecule is CCC(C)C(C)N=C=S. The van der Waals surface area contributed by atoms with E-state index in [0.29, 0.717) is 12.0 Å². The summed E-state index contributed by atoms with van der Waals surface area (Å²) in [6, 6.07) is 0.340. The lowest BCUT2D eigenvalue weighted by Crippen LogP contribution is -2.09. The van der Waals surface area contributed by atoms with Crippen LogP contribution in [0.3, 0.4) is 0 Å². The van der Waals surface area contributed by atoms with Crippen LogP contribution in [0.4, 0.5) is 0 Å². The minimum absolute atomic E-state index is 0.340. The van der Waals surface area contributed by atoms with Gasteiger partial charge in [0.2, 0.25) is 0 Å². The Balaban J connectivity index is 3.71. The summed E-state index contributed by atoms with van der Waals surface area (Å²) in [6.07, 6.45) is 1.15. The largest absolute Gasteiger partial charge is 0.229 e. The van der Waals surface area contributed by atoms with Crippen molar-refractivity contribution in [2.75, 3.05) is 0 Å². The van der Waals surface area contributed by atoms with E-state index in [1.165, 1.54) is 0 Å². The summed E-state index contributed by atoms with van der Waals surface area (Å²) >= 11 is 4.48. The minimum Gasteiger partial charge on any atom is -0.229 e. The third kappa shape index (κ3) is 3.39. The van der Waals surface area contributed by atoms with Gasteiger partial charge in [-0.05, 0) is 25.1 Å². The van der Waals surface area contributed by atoms with Gasteiger partial charge in [-0.1, -0.05) is 20.3 Å². The van der Waals surface area contributed by atoms with Gasteiger partial charge in [0, 0.05) is 0 Å². The highest BCUT2D eigenvalue weighted by Gasteiger charge is 2.06. The van der Waals surface area contributed by atoms with Crippen molar-refractivity contribution < 1.29 is 0 Å². The summed E-state index contributed by atoms with van der Waals surface area (Å²) in [5.41, 5.74) is 0. The fraction of sp³-hybridized carbons (Fsp3) is 0.857. The molecular formula is C7H13NS. The maximum Gasteiger partial charge on any atom is 0.0600 e. The molecule has 0 fully saturated rings. The van der Waals surface area contributed by atoms with E-state index >= 15 is 0 Å². The molecule has 0 rings (SSSR count). The molecule has 0 aromatic rings. The molecule has 2 atom stereocenters. The Morgan fingerprint density at radius 1 is 1.56 bits per heavy atom. The first kappa shape index (κ1) is 8.80. The van der Waals surface area contributed by atoms with Gasteiger partial charge >= 0.3 is 0 Å². The zero-order chi connectivity index (χ0) is 7.28. The molecule has 0 saturated carbocycles. The number of hydrogen-bond donors (Lipinski definition) is 0. The van der Waals surface area contributed by atoms with E-state index in [1.807, 2.05) is 0 Å². The van der Waals surface area contributed by atoms with Crippen LogP contribution < -0.4 is 0 Å². The number of hydrogen-bond acceptors (Lipinski definition) is 2. The zero-order valence-electron chi connectivity index (χ0n) is 6.22. The molecule has 0 N–H and O–H groups in total. The van der Waals surface area contributed by atoms with Gasteiger partial charge in [0.25, 0.3) is 0 Å². The van der Waals surface area contributed by atoms with Crippen LogP contribution in [0.1, 0.15) is 27.2 Å². The van der Waals surface area contributed by atoms with Gasteiger partial charge in [0.05, 0.1) is 11.2 Å². The predicted molar refractivity (Wildman–Crippen MR) is 43.9 cm³/mol. The molecule has 0 aliphatic heterocycles.